The molecular formula is C10H17N3OS. The molecule has 0 atom stereocenters. The molecule has 15 heavy (non-hydrogen) atoms. The van der Waals surface area contributed by atoms with Crippen molar-refractivity contribution in [1.82, 2.24) is 15.3 Å². The average molecular weight is 227 g/mol. The summed E-state index contributed by atoms with van der Waals surface area (Å²) in [6, 6.07) is 0. The Bertz CT molecular complexity index is 303. The molecule has 0 aromatic carbocycles. The molecule has 0 saturated carbocycles. The number of hydrogen-bond acceptors (Lipinski definition) is 3. The fourth-order valence-electron chi connectivity index (χ4n) is 0.910. The number of H-pyrrole nitrogens is 1. The topological polar surface area (TPSA) is 57.8 Å². The summed E-state index contributed by atoms with van der Waals surface area (Å²) in [4.78, 5) is 18.4. The van der Waals surface area contributed by atoms with Gasteiger partial charge in [-0.3, -0.25) is 4.79 Å². The first kappa shape index (κ1) is 12.1. The van der Waals surface area contributed by atoms with Crippen molar-refractivity contribution in [3.05, 3.63) is 18.2 Å². The van der Waals surface area contributed by atoms with Crippen molar-refractivity contribution in [1.29, 1.82) is 0 Å². The number of rotatable bonds is 4. The lowest BCUT2D eigenvalue weighted by molar-refractivity contribution is -0.118. The number of hydrogen-bond donors (Lipinski definition) is 2. The molecule has 0 aliphatic carbocycles. The highest BCUT2D eigenvalue weighted by Crippen LogP contribution is 2.22. The molecule has 2 N–H and O–H groups in total. The monoisotopic (exact) mass is 227 g/mol. The van der Waals surface area contributed by atoms with Crippen LogP contribution in [0.4, 0.5) is 0 Å². The minimum absolute atomic E-state index is 0.0475. The maximum Gasteiger partial charge on any atom is 0.230 e. The Labute approximate surface area is 94.2 Å². The maximum absolute atomic E-state index is 11.4. The molecule has 1 aromatic rings. The van der Waals surface area contributed by atoms with Crippen molar-refractivity contribution in [2.45, 2.75) is 32.1 Å². The molecule has 0 aliphatic rings. The second-order valence-electron chi connectivity index (χ2n) is 4.21. The standard InChI is InChI=1S/C10H17N3OS/c1-10(2,3)15-7-9(14)13-6-8-11-4-5-12-8/h4-5H,6-7H2,1-3H3,(H,11,12)(H,13,14). The van der Waals surface area contributed by atoms with Crippen LogP contribution in [0.5, 0.6) is 0 Å². The predicted molar refractivity (Wildman–Crippen MR) is 62.6 cm³/mol. The molecule has 0 aliphatic heterocycles. The van der Waals surface area contributed by atoms with E-state index >= 15 is 0 Å². The second kappa shape index (κ2) is 5.21. The first-order valence-electron chi connectivity index (χ1n) is 4.86. The van der Waals surface area contributed by atoms with E-state index in [0.717, 1.165) is 5.82 Å². The zero-order chi connectivity index (χ0) is 11.3. The van der Waals surface area contributed by atoms with Crippen LogP contribution in [0, 0.1) is 0 Å². The van der Waals surface area contributed by atoms with Crippen molar-refractivity contribution in [3.8, 4) is 0 Å². The van der Waals surface area contributed by atoms with Gasteiger partial charge in [-0.2, -0.15) is 0 Å². The van der Waals surface area contributed by atoms with Gasteiger partial charge in [-0.05, 0) is 0 Å². The maximum atomic E-state index is 11.4. The lowest BCUT2D eigenvalue weighted by atomic mass is 10.3. The van der Waals surface area contributed by atoms with Gasteiger partial charge in [0.2, 0.25) is 5.91 Å². The van der Waals surface area contributed by atoms with Crippen LogP contribution >= 0.6 is 11.8 Å². The first-order chi connectivity index (χ1) is 6.97. The van der Waals surface area contributed by atoms with E-state index in [2.05, 4.69) is 36.1 Å². The second-order valence-corrected chi connectivity index (χ2v) is 6.02. The Morgan fingerprint density at radius 2 is 2.33 bits per heavy atom. The number of aromatic amines is 1. The summed E-state index contributed by atoms with van der Waals surface area (Å²) in [7, 11) is 0. The first-order valence-corrected chi connectivity index (χ1v) is 5.85. The van der Waals surface area contributed by atoms with Crippen molar-refractivity contribution < 1.29 is 4.79 Å². The molecule has 5 heteroatoms. The van der Waals surface area contributed by atoms with E-state index in [4.69, 9.17) is 0 Å². The van der Waals surface area contributed by atoms with Crippen LogP contribution in [-0.4, -0.2) is 26.4 Å². The minimum atomic E-state index is 0.0475. The molecule has 0 radical (unpaired) electrons. The summed E-state index contributed by atoms with van der Waals surface area (Å²) in [5, 5.41) is 2.80. The highest BCUT2D eigenvalue weighted by molar-refractivity contribution is 8.01. The SMILES string of the molecule is CC(C)(C)SCC(=O)NCc1ncc[nH]1. The largest absolute Gasteiger partial charge is 0.348 e. The van der Waals surface area contributed by atoms with E-state index in [0.29, 0.717) is 12.3 Å². The molecular weight excluding hydrogens is 210 g/mol. The summed E-state index contributed by atoms with van der Waals surface area (Å²) >= 11 is 1.64. The summed E-state index contributed by atoms with van der Waals surface area (Å²) in [6.07, 6.45) is 3.41. The normalized spacial score (nSPS) is 11.4. The number of carbonyl (C=O) groups is 1. The lowest BCUT2D eigenvalue weighted by Gasteiger charge is -2.16. The Morgan fingerprint density at radius 1 is 1.60 bits per heavy atom. The molecule has 4 nitrogen and oxygen atoms in total. The van der Waals surface area contributed by atoms with E-state index < -0.39 is 0 Å². The summed E-state index contributed by atoms with van der Waals surface area (Å²) in [5.74, 6) is 1.32. The lowest BCUT2D eigenvalue weighted by Crippen LogP contribution is -2.27. The fraction of sp³-hybridized carbons (Fsp3) is 0.600. The Kier molecular flexibility index (Phi) is 4.20. The Hall–Kier alpha value is -0.970. The quantitative estimate of drug-likeness (QED) is 0.820. The number of aromatic nitrogens is 2. The van der Waals surface area contributed by atoms with E-state index in [9.17, 15) is 4.79 Å². The van der Waals surface area contributed by atoms with Crippen molar-refractivity contribution >= 4 is 17.7 Å². The molecule has 0 spiro atoms. The summed E-state index contributed by atoms with van der Waals surface area (Å²) in [6.45, 7) is 6.75. The number of amides is 1. The number of thioether (sulfide) groups is 1. The molecule has 0 fully saturated rings. The molecule has 0 bridgehead atoms. The van der Waals surface area contributed by atoms with E-state index in [1.54, 1.807) is 24.2 Å². The van der Waals surface area contributed by atoms with E-state index in [-0.39, 0.29) is 10.7 Å². The zero-order valence-corrected chi connectivity index (χ0v) is 10.1. The van der Waals surface area contributed by atoms with Gasteiger partial charge in [0.1, 0.15) is 5.82 Å². The number of nitrogens with one attached hydrogen (secondary N) is 2. The van der Waals surface area contributed by atoms with Gasteiger partial charge < -0.3 is 10.3 Å². The molecule has 1 aromatic heterocycles. The highest BCUT2D eigenvalue weighted by Gasteiger charge is 2.13. The molecule has 1 amide bonds. The molecule has 84 valence electrons. The third-order valence-electron chi connectivity index (χ3n) is 1.64. The van der Waals surface area contributed by atoms with Crippen molar-refractivity contribution in [2.24, 2.45) is 0 Å². The average Bonchev–Trinajstić information content (AvgIpc) is 2.62. The fourth-order valence-corrected chi connectivity index (χ4v) is 1.58. The summed E-state index contributed by atoms with van der Waals surface area (Å²) in [5.41, 5.74) is 0. The van der Waals surface area contributed by atoms with Crippen LogP contribution in [0.1, 0.15) is 26.6 Å². The minimum Gasteiger partial charge on any atom is -0.348 e. The van der Waals surface area contributed by atoms with Gasteiger partial charge in [-0.15, -0.1) is 11.8 Å². The van der Waals surface area contributed by atoms with E-state index in [1.165, 1.54) is 0 Å². The van der Waals surface area contributed by atoms with Crippen LogP contribution in [0.25, 0.3) is 0 Å². The van der Waals surface area contributed by atoms with Crippen LogP contribution in [-0.2, 0) is 11.3 Å². The summed E-state index contributed by atoms with van der Waals surface area (Å²) < 4.78 is 0.127. The smallest absolute Gasteiger partial charge is 0.230 e. The van der Waals surface area contributed by atoms with Gasteiger partial charge in [0, 0.05) is 17.1 Å². The highest BCUT2D eigenvalue weighted by atomic mass is 32.2. The van der Waals surface area contributed by atoms with Gasteiger partial charge in [0.25, 0.3) is 0 Å². The van der Waals surface area contributed by atoms with E-state index in [1.807, 2.05) is 0 Å². The number of nitrogens with zero attached hydrogens (tertiary/aromatic N) is 1. The van der Waals surface area contributed by atoms with Crippen LogP contribution in [0.3, 0.4) is 0 Å². The van der Waals surface area contributed by atoms with Crippen LogP contribution in [0.2, 0.25) is 0 Å². The van der Waals surface area contributed by atoms with Gasteiger partial charge >= 0.3 is 0 Å². The Balaban J connectivity index is 2.20. The molecule has 1 heterocycles. The van der Waals surface area contributed by atoms with Gasteiger partial charge in [0.15, 0.2) is 0 Å². The molecule has 0 saturated heterocycles. The van der Waals surface area contributed by atoms with Crippen molar-refractivity contribution in [2.75, 3.05) is 5.75 Å². The Morgan fingerprint density at radius 3 is 2.87 bits per heavy atom. The molecule has 1 rings (SSSR count). The predicted octanol–water partition coefficient (Wildman–Crippen LogP) is 1.56. The third-order valence-corrected chi connectivity index (χ3v) is 2.92. The number of imidazole rings is 1. The molecule has 0 unspecified atom stereocenters. The third kappa shape index (κ3) is 5.47. The van der Waals surface area contributed by atoms with Crippen LogP contribution in [0.15, 0.2) is 12.4 Å². The van der Waals surface area contributed by atoms with Crippen LogP contribution < -0.4 is 5.32 Å². The number of carbonyl (C=O) groups excluding carboxylic acids is 1. The zero-order valence-electron chi connectivity index (χ0n) is 9.33. The van der Waals surface area contributed by atoms with Gasteiger partial charge in [0.05, 0.1) is 12.3 Å². The van der Waals surface area contributed by atoms with Crippen molar-refractivity contribution in [3.63, 3.8) is 0 Å². The van der Waals surface area contributed by atoms with Gasteiger partial charge in [-0.25, -0.2) is 4.98 Å². The van der Waals surface area contributed by atoms with Gasteiger partial charge in [-0.1, -0.05) is 20.8 Å².